The van der Waals surface area contributed by atoms with Crippen LogP contribution in [0.4, 0.5) is 5.69 Å². The molecule has 1 unspecified atom stereocenters. The summed E-state index contributed by atoms with van der Waals surface area (Å²) in [5.41, 5.74) is 1.10. The van der Waals surface area contributed by atoms with Crippen LogP contribution in [-0.4, -0.2) is 81.7 Å². The maximum Gasteiger partial charge on any atom is 0.264 e. The molecule has 0 aliphatic carbocycles. The number of nitrogens with zero attached hydrogens (tertiary/aromatic N) is 3. The Balaban J connectivity index is 1.27. The third-order valence-corrected chi connectivity index (χ3v) is 8.38. The van der Waals surface area contributed by atoms with Crippen molar-refractivity contribution in [1.29, 1.82) is 0 Å². The van der Waals surface area contributed by atoms with Gasteiger partial charge in [-0.3, -0.25) is 19.4 Å². The zero-order valence-electron chi connectivity index (χ0n) is 20.9. The van der Waals surface area contributed by atoms with E-state index < -0.39 is 10.0 Å². The summed E-state index contributed by atoms with van der Waals surface area (Å²) in [6.07, 6.45) is 5.31. The van der Waals surface area contributed by atoms with Gasteiger partial charge in [0.25, 0.3) is 15.9 Å². The maximum absolute atomic E-state index is 13.3. The minimum Gasteiger partial charge on any atom is -0.496 e. The summed E-state index contributed by atoms with van der Waals surface area (Å²) in [7, 11) is -2.44. The van der Waals surface area contributed by atoms with Crippen LogP contribution >= 0.6 is 0 Å². The Morgan fingerprint density at radius 3 is 2.68 bits per heavy atom. The molecule has 3 heterocycles. The number of anilines is 1. The molecular formula is C27H32N4O5S. The molecule has 1 atom stereocenters. The SMILES string of the molecule is COc1cc(NS(=O)(=O)c2cccc3cccnc23)ccc1C(=O)N1CCN(CC2CCCCO2)CC1. The Hall–Kier alpha value is -3.21. The Morgan fingerprint density at radius 2 is 1.92 bits per heavy atom. The lowest BCUT2D eigenvalue weighted by molar-refractivity contribution is -0.0130. The highest BCUT2D eigenvalue weighted by molar-refractivity contribution is 7.93. The van der Waals surface area contributed by atoms with Gasteiger partial charge in [-0.25, -0.2) is 8.42 Å². The van der Waals surface area contributed by atoms with E-state index in [0.717, 1.165) is 44.5 Å². The third-order valence-electron chi connectivity index (χ3n) is 6.96. The first kappa shape index (κ1) is 25.4. The van der Waals surface area contributed by atoms with E-state index in [4.69, 9.17) is 9.47 Å². The topological polar surface area (TPSA) is 101 Å². The van der Waals surface area contributed by atoms with Crippen molar-refractivity contribution in [2.45, 2.75) is 30.3 Å². The number of ether oxygens (including phenoxy) is 2. The van der Waals surface area contributed by atoms with Crippen LogP contribution in [0, 0.1) is 0 Å². The Labute approximate surface area is 217 Å². The van der Waals surface area contributed by atoms with Gasteiger partial charge in [-0.05, 0) is 43.5 Å². The van der Waals surface area contributed by atoms with Crippen molar-refractivity contribution in [2.75, 3.05) is 51.2 Å². The third kappa shape index (κ3) is 5.71. The summed E-state index contributed by atoms with van der Waals surface area (Å²) < 4.78 is 40.3. The van der Waals surface area contributed by atoms with E-state index in [0.29, 0.717) is 35.6 Å². The molecule has 2 aliphatic rings. The quantitative estimate of drug-likeness (QED) is 0.506. The van der Waals surface area contributed by atoms with E-state index in [1.807, 2.05) is 17.0 Å². The van der Waals surface area contributed by atoms with Crippen LogP contribution in [0.15, 0.2) is 59.6 Å². The molecule has 5 rings (SSSR count). The first-order chi connectivity index (χ1) is 17.9. The number of amides is 1. The highest BCUT2D eigenvalue weighted by Crippen LogP contribution is 2.28. The monoisotopic (exact) mass is 524 g/mol. The summed E-state index contributed by atoms with van der Waals surface area (Å²) >= 11 is 0. The van der Waals surface area contributed by atoms with Gasteiger partial charge in [-0.1, -0.05) is 18.2 Å². The summed E-state index contributed by atoms with van der Waals surface area (Å²) in [5, 5.41) is 0.732. The molecule has 2 aromatic carbocycles. The standard InChI is InChI=1S/C27H32N4O5S/c1-35-24-18-21(29-37(33,34)25-9-4-6-20-7-5-12-28-26(20)25)10-11-23(24)27(32)31-15-13-30(14-16-31)19-22-8-2-3-17-36-22/h4-7,9-12,18,22,29H,2-3,8,13-17,19H2,1H3. The maximum atomic E-state index is 13.3. The van der Waals surface area contributed by atoms with Crippen molar-refractivity contribution in [3.05, 3.63) is 60.3 Å². The molecule has 0 saturated carbocycles. The van der Waals surface area contributed by atoms with Gasteiger partial charge in [0, 0.05) is 57.0 Å². The number of aromatic nitrogens is 1. The highest BCUT2D eigenvalue weighted by atomic mass is 32.2. The molecular weight excluding hydrogens is 492 g/mol. The van der Waals surface area contributed by atoms with Crippen LogP contribution < -0.4 is 9.46 Å². The number of hydrogen-bond acceptors (Lipinski definition) is 7. The minimum absolute atomic E-state index is 0.0845. The molecule has 10 heteroatoms. The van der Waals surface area contributed by atoms with Crippen molar-refractivity contribution in [2.24, 2.45) is 0 Å². The predicted molar refractivity (Wildman–Crippen MR) is 141 cm³/mol. The largest absolute Gasteiger partial charge is 0.496 e. The lowest BCUT2D eigenvalue weighted by Gasteiger charge is -2.37. The zero-order chi connectivity index (χ0) is 25.8. The van der Waals surface area contributed by atoms with Gasteiger partial charge in [-0.2, -0.15) is 0 Å². The number of para-hydroxylation sites is 1. The van der Waals surface area contributed by atoms with Crippen LogP contribution in [-0.2, 0) is 14.8 Å². The molecule has 3 aromatic rings. The molecule has 0 spiro atoms. The van der Waals surface area contributed by atoms with Gasteiger partial charge >= 0.3 is 0 Å². The van der Waals surface area contributed by atoms with Gasteiger partial charge in [0.1, 0.15) is 10.6 Å². The number of rotatable bonds is 7. The second kappa shape index (κ2) is 11.0. The summed E-state index contributed by atoms with van der Waals surface area (Å²) in [4.78, 5) is 21.8. The average molecular weight is 525 g/mol. The Bertz CT molecular complexity index is 1360. The number of carbonyl (C=O) groups excluding carboxylic acids is 1. The molecule has 1 aromatic heterocycles. The number of fused-ring (bicyclic) bond motifs is 1. The van der Waals surface area contributed by atoms with Crippen LogP contribution in [0.1, 0.15) is 29.6 Å². The van der Waals surface area contributed by atoms with E-state index in [-0.39, 0.29) is 16.9 Å². The van der Waals surface area contributed by atoms with E-state index >= 15 is 0 Å². The molecule has 1 N–H and O–H groups in total. The zero-order valence-corrected chi connectivity index (χ0v) is 21.7. The normalized spacial score (nSPS) is 19.1. The van der Waals surface area contributed by atoms with E-state index in [9.17, 15) is 13.2 Å². The fraction of sp³-hybridized carbons (Fsp3) is 0.407. The summed E-state index contributed by atoms with van der Waals surface area (Å²) in [5.74, 6) is 0.192. The second-order valence-electron chi connectivity index (χ2n) is 9.43. The van der Waals surface area contributed by atoms with Crippen LogP contribution in [0.5, 0.6) is 5.75 Å². The van der Waals surface area contributed by atoms with Crippen molar-refractivity contribution in [1.82, 2.24) is 14.8 Å². The minimum atomic E-state index is -3.92. The molecule has 9 nitrogen and oxygen atoms in total. The number of carbonyl (C=O) groups is 1. The fourth-order valence-electron chi connectivity index (χ4n) is 4.98. The first-order valence-corrected chi connectivity index (χ1v) is 14.1. The summed E-state index contributed by atoms with van der Waals surface area (Å²) in [6.45, 7) is 4.59. The van der Waals surface area contributed by atoms with Crippen LogP contribution in [0.3, 0.4) is 0 Å². The molecule has 2 fully saturated rings. The van der Waals surface area contributed by atoms with E-state index in [1.165, 1.54) is 19.6 Å². The van der Waals surface area contributed by atoms with E-state index in [2.05, 4.69) is 14.6 Å². The summed E-state index contributed by atoms with van der Waals surface area (Å²) in [6, 6.07) is 13.3. The van der Waals surface area contributed by atoms with Gasteiger partial charge < -0.3 is 14.4 Å². The van der Waals surface area contributed by atoms with Crippen molar-refractivity contribution in [3.8, 4) is 5.75 Å². The van der Waals surface area contributed by atoms with Crippen molar-refractivity contribution in [3.63, 3.8) is 0 Å². The van der Waals surface area contributed by atoms with Gasteiger partial charge in [0.15, 0.2) is 0 Å². The van der Waals surface area contributed by atoms with Crippen LogP contribution in [0.2, 0.25) is 0 Å². The molecule has 196 valence electrons. The first-order valence-electron chi connectivity index (χ1n) is 12.6. The number of hydrogen-bond donors (Lipinski definition) is 1. The van der Waals surface area contributed by atoms with E-state index in [1.54, 1.807) is 36.5 Å². The van der Waals surface area contributed by atoms with Crippen molar-refractivity contribution >= 4 is 32.5 Å². The molecule has 2 saturated heterocycles. The molecule has 0 bridgehead atoms. The molecule has 0 radical (unpaired) electrons. The number of benzene rings is 2. The lowest BCUT2D eigenvalue weighted by atomic mass is 10.1. The lowest BCUT2D eigenvalue weighted by Crippen LogP contribution is -2.50. The Morgan fingerprint density at radius 1 is 1.11 bits per heavy atom. The predicted octanol–water partition coefficient (Wildman–Crippen LogP) is 3.37. The molecule has 37 heavy (non-hydrogen) atoms. The number of sulfonamides is 1. The smallest absolute Gasteiger partial charge is 0.264 e. The second-order valence-corrected chi connectivity index (χ2v) is 11.1. The van der Waals surface area contributed by atoms with Crippen LogP contribution in [0.25, 0.3) is 10.9 Å². The number of pyridine rings is 1. The Kier molecular flexibility index (Phi) is 7.59. The molecule has 2 aliphatic heterocycles. The number of methoxy groups -OCH3 is 1. The number of piperazine rings is 1. The van der Waals surface area contributed by atoms with Gasteiger partial charge in [0.05, 0.1) is 30.0 Å². The van der Waals surface area contributed by atoms with Gasteiger partial charge in [0.2, 0.25) is 0 Å². The average Bonchev–Trinajstić information content (AvgIpc) is 2.93. The van der Waals surface area contributed by atoms with Gasteiger partial charge in [-0.15, -0.1) is 0 Å². The van der Waals surface area contributed by atoms with Crippen molar-refractivity contribution < 1.29 is 22.7 Å². The molecule has 1 amide bonds. The number of nitrogens with one attached hydrogen (secondary N) is 1. The fourth-order valence-corrected chi connectivity index (χ4v) is 6.21. The highest BCUT2D eigenvalue weighted by Gasteiger charge is 2.27.